The van der Waals surface area contributed by atoms with E-state index in [1.807, 2.05) is 7.05 Å². The van der Waals surface area contributed by atoms with Gasteiger partial charge in [0.25, 0.3) is 0 Å². The van der Waals surface area contributed by atoms with E-state index in [1.165, 1.54) is 0 Å². The van der Waals surface area contributed by atoms with Crippen LogP contribution in [0.1, 0.15) is 17.3 Å². The molecule has 0 heterocycles. The molecule has 0 aliphatic heterocycles. The van der Waals surface area contributed by atoms with Crippen LogP contribution in [0.3, 0.4) is 0 Å². The fraction of sp³-hybridized carbons (Fsp3) is 0.417. The predicted molar refractivity (Wildman–Crippen MR) is 63.1 cm³/mol. The standard InChI is InChI=1S/C12H17NO3/c1-9(8-16-3)13(2)11-6-4-10(5-7-11)12(14)15/h4-7,9H,8H2,1-3H3,(H,14,15). The van der Waals surface area contributed by atoms with E-state index in [0.29, 0.717) is 12.2 Å². The van der Waals surface area contributed by atoms with Gasteiger partial charge in [0.05, 0.1) is 12.2 Å². The lowest BCUT2D eigenvalue weighted by molar-refractivity contribution is 0.0697. The molecule has 4 nitrogen and oxygen atoms in total. The van der Waals surface area contributed by atoms with Crippen LogP contribution in [0.25, 0.3) is 0 Å². The first-order valence-electron chi connectivity index (χ1n) is 5.11. The number of methoxy groups -OCH3 is 1. The van der Waals surface area contributed by atoms with E-state index in [-0.39, 0.29) is 6.04 Å². The number of hydrogen-bond acceptors (Lipinski definition) is 3. The summed E-state index contributed by atoms with van der Waals surface area (Å²) in [5, 5.41) is 8.77. The van der Waals surface area contributed by atoms with Crippen LogP contribution in [-0.2, 0) is 4.74 Å². The molecule has 0 aliphatic rings. The molecule has 88 valence electrons. The fourth-order valence-corrected chi connectivity index (χ4v) is 1.45. The highest BCUT2D eigenvalue weighted by Gasteiger charge is 2.10. The summed E-state index contributed by atoms with van der Waals surface area (Å²) in [6, 6.07) is 7.06. The molecule has 1 aromatic carbocycles. The molecular formula is C12H17NO3. The summed E-state index contributed by atoms with van der Waals surface area (Å²) in [6.45, 7) is 2.69. The smallest absolute Gasteiger partial charge is 0.335 e. The Hall–Kier alpha value is -1.55. The number of aromatic carboxylic acids is 1. The topological polar surface area (TPSA) is 49.8 Å². The van der Waals surface area contributed by atoms with Crippen LogP contribution in [0.2, 0.25) is 0 Å². The number of ether oxygens (including phenoxy) is 1. The number of carboxylic acids is 1. The maximum absolute atomic E-state index is 10.7. The minimum atomic E-state index is -0.904. The van der Waals surface area contributed by atoms with E-state index in [0.717, 1.165) is 5.69 Å². The molecule has 16 heavy (non-hydrogen) atoms. The van der Waals surface area contributed by atoms with Gasteiger partial charge in [-0.05, 0) is 31.2 Å². The summed E-state index contributed by atoms with van der Waals surface area (Å²) >= 11 is 0. The molecule has 0 saturated heterocycles. The van der Waals surface area contributed by atoms with E-state index in [2.05, 4.69) is 11.8 Å². The van der Waals surface area contributed by atoms with Gasteiger partial charge in [0, 0.05) is 25.9 Å². The first kappa shape index (κ1) is 12.5. The number of anilines is 1. The van der Waals surface area contributed by atoms with Crippen LogP contribution in [0.4, 0.5) is 5.69 Å². The zero-order valence-corrected chi connectivity index (χ0v) is 9.80. The average Bonchev–Trinajstić information content (AvgIpc) is 2.28. The van der Waals surface area contributed by atoms with Crippen molar-refractivity contribution in [2.45, 2.75) is 13.0 Å². The molecule has 0 aliphatic carbocycles. The highest BCUT2D eigenvalue weighted by Crippen LogP contribution is 2.16. The summed E-state index contributed by atoms with van der Waals surface area (Å²) < 4.78 is 5.07. The third-order valence-corrected chi connectivity index (χ3v) is 2.59. The molecule has 0 spiro atoms. The normalized spacial score (nSPS) is 12.2. The average molecular weight is 223 g/mol. The van der Waals surface area contributed by atoms with Crippen LogP contribution in [0, 0.1) is 0 Å². The van der Waals surface area contributed by atoms with E-state index in [4.69, 9.17) is 9.84 Å². The first-order chi connectivity index (χ1) is 7.56. The van der Waals surface area contributed by atoms with Gasteiger partial charge in [0.2, 0.25) is 0 Å². The maximum atomic E-state index is 10.7. The lowest BCUT2D eigenvalue weighted by Gasteiger charge is -2.26. The van der Waals surface area contributed by atoms with Crippen LogP contribution in [0.5, 0.6) is 0 Å². The molecule has 4 heteroatoms. The molecule has 0 aromatic heterocycles. The molecule has 0 amide bonds. The molecule has 0 radical (unpaired) electrons. The number of nitrogens with zero attached hydrogens (tertiary/aromatic N) is 1. The Kier molecular flexibility index (Phi) is 4.31. The van der Waals surface area contributed by atoms with Gasteiger partial charge in [0.1, 0.15) is 0 Å². The van der Waals surface area contributed by atoms with Crippen molar-refractivity contribution in [3.63, 3.8) is 0 Å². The highest BCUT2D eigenvalue weighted by atomic mass is 16.5. The summed E-state index contributed by atoms with van der Waals surface area (Å²) in [5.41, 5.74) is 1.28. The first-order valence-corrected chi connectivity index (χ1v) is 5.11. The van der Waals surface area contributed by atoms with Gasteiger partial charge < -0.3 is 14.7 Å². The van der Waals surface area contributed by atoms with Crippen molar-refractivity contribution in [3.05, 3.63) is 29.8 Å². The Bertz CT molecular complexity index is 348. The van der Waals surface area contributed by atoms with Crippen LogP contribution < -0.4 is 4.90 Å². The van der Waals surface area contributed by atoms with Crippen LogP contribution >= 0.6 is 0 Å². The van der Waals surface area contributed by atoms with E-state index in [1.54, 1.807) is 31.4 Å². The largest absolute Gasteiger partial charge is 0.478 e. The summed E-state index contributed by atoms with van der Waals surface area (Å²) in [4.78, 5) is 12.7. The molecule has 1 aromatic rings. The maximum Gasteiger partial charge on any atom is 0.335 e. The summed E-state index contributed by atoms with van der Waals surface area (Å²) in [7, 11) is 3.62. The molecule has 0 bridgehead atoms. The second kappa shape index (κ2) is 5.51. The van der Waals surface area contributed by atoms with Crippen molar-refractivity contribution in [2.24, 2.45) is 0 Å². The van der Waals surface area contributed by atoms with Crippen LogP contribution in [-0.4, -0.2) is 37.9 Å². The number of benzene rings is 1. The quantitative estimate of drug-likeness (QED) is 0.827. The Morgan fingerprint density at radius 3 is 2.44 bits per heavy atom. The number of carboxylic acid groups (broad SMARTS) is 1. The van der Waals surface area contributed by atoms with Gasteiger partial charge in [0.15, 0.2) is 0 Å². The molecule has 1 unspecified atom stereocenters. The lowest BCUT2D eigenvalue weighted by Crippen LogP contribution is -2.32. The third kappa shape index (κ3) is 2.97. The molecular weight excluding hydrogens is 206 g/mol. The van der Waals surface area contributed by atoms with Gasteiger partial charge in [-0.3, -0.25) is 0 Å². The second-order valence-corrected chi connectivity index (χ2v) is 3.77. The second-order valence-electron chi connectivity index (χ2n) is 3.77. The van der Waals surface area contributed by atoms with Gasteiger partial charge in [-0.25, -0.2) is 4.79 Å². The number of carbonyl (C=O) groups is 1. The van der Waals surface area contributed by atoms with E-state index >= 15 is 0 Å². The molecule has 0 saturated carbocycles. The van der Waals surface area contributed by atoms with Crippen molar-refractivity contribution in [3.8, 4) is 0 Å². The van der Waals surface area contributed by atoms with Crippen LogP contribution in [0.15, 0.2) is 24.3 Å². The van der Waals surface area contributed by atoms with Gasteiger partial charge in [-0.1, -0.05) is 0 Å². The van der Waals surface area contributed by atoms with Gasteiger partial charge >= 0.3 is 5.97 Å². The van der Waals surface area contributed by atoms with E-state index in [9.17, 15) is 4.79 Å². The minimum absolute atomic E-state index is 0.251. The SMILES string of the molecule is COCC(C)N(C)c1ccc(C(=O)O)cc1. The lowest BCUT2D eigenvalue weighted by atomic mass is 10.2. The predicted octanol–water partition coefficient (Wildman–Crippen LogP) is 1.86. The summed E-state index contributed by atoms with van der Waals surface area (Å²) in [6.07, 6.45) is 0. The number of hydrogen-bond donors (Lipinski definition) is 1. The zero-order valence-electron chi connectivity index (χ0n) is 9.80. The summed E-state index contributed by atoms with van der Waals surface area (Å²) in [5.74, 6) is -0.904. The van der Waals surface area contributed by atoms with E-state index < -0.39 is 5.97 Å². The number of likely N-dealkylation sites (N-methyl/N-ethyl adjacent to an activating group) is 1. The third-order valence-electron chi connectivity index (χ3n) is 2.59. The molecule has 1 atom stereocenters. The van der Waals surface area contributed by atoms with Crippen molar-refractivity contribution in [2.75, 3.05) is 25.7 Å². The Morgan fingerprint density at radius 2 is 2.00 bits per heavy atom. The Labute approximate surface area is 95.5 Å². The monoisotopic (exact) mass is 223 g/mol. The Balaban J connectivity index is 2.77. The highest BCUT2D eigenvalue weighted by molar-refractivity contribution is 5.88. The fourth-order valence-electron chi connectivity index (χ4n) is 1.45. The van der Waals surface area contributed by atoms with Crippen molar-refractivity contribution in [1.82, 2.24) is 0 Å². The minimum Gasteiger partial charge on any atom is -0.478 e. The molecule has 0 fully saturated rings. The molecule has 1 N–H and O–H groups in total. The van der Waals surface area contributed by atoms with Gasteiger partial charge in [-0.2, -0.15) is 0 Å². The van der Waals surface area contributed by atoms with Crippen molar-refractivity contribution >= 4 is 11.7 Å². The molecule has 1 rings (SSSR count). The number of rotatable bonds is 5. The zero-order chi connectivity index (χ0) is 12.1. The van der Waals surface area contributed by atoms with Crippen molar-refractivity contribution in [1.29, 1.82) is 0 Å². The Morgan fingerprint density at radius 1 is 1.44 bits per heavy atom. The van der Waals surface area contributed by atoms with Gasteiger partial charge in [-0.15, -0.1) is 0 Å². The van der Waals surface area contributed by atoms with Crippen molar-refractivity contribution < 1.29 is 14.6 Å².